The average Bonchev–Trinajstić information content (AvgIpc) is 1.93. The molecule has 0 fully saturated rings. The molecule has 0 aliphatic carbocycles. The molecular weight excluding hydrogens is 140 g/mol. The fourth-order valence-electron chi connectivity index (χ4n) is 0.490. The summed E-state index contributed by atoms with van der Waals surface area (Å²) in [6.45, 7) is 0. The molecule has 0 radical (unpaired) electrons. The van der Waals surface area contributed by atoms with E-state index in [0.29, 0.717) is 0 Å². The number of hydrogen-bond acceptors (Lipinski definition) is 3. The van der Waals surface area contributed by atoms with E-state index in [0.717, 1.165) is 6.20 Å². The molecule has 0 aliphatic heterocycles. The fraction of sp³-hybridized carbons (Fsp3) is 0. The van der Waals surface area contributed by atoms with Crippen LogP contribution in [-0.2, 0) is 0 Å². The van der Waals surface area contributed by atoms with E-state index in [9.17, 15) is 8.78 Å². The average molecular weight is 145 g/mol. The van der Waals surface area contributed by atoms with E-state index in [1.54, 1.807) is 0 Å². The van der Waals surface area contributed by atoms with Crippen LogP contribution in [0.5, 0.6) is 0 Å². The van der Waals surface area contributed by atoms with Crippen molar-refractivity contribution < 1.29 is 8.78 Å². The first-order valence-electron chi connectivity index (χ1n) is 2.48. The quantitative estimate of drug-likeness (QED) is 0.523. The molecule has 0 atom stereocenters. The summed E-state index contributed by atoms with van der Waals surface area (Å²) in [7, 11) is 0. The Morgan fingerprint density at radius 2 is 1.90 bits per heavy atom. The second-order valence-electron chi connectivity index (χ2n) is 1.73. The minimum absolute atomic E-state index is 0.0566. The van der Waals surface area contributed by atoms with Gasteiger partial charge >= 0.3 is 0 Å². The molecule has 3 nitrogen and oxygen atoms in total. The molecule has 0 aliphatic rings. The molecule has 1 rings (SSSR count). The molecule has 5 heteroatoms. The summed E-state index contributed by atoms with van der Waals surface area (Å²) in [6.07, 6.45) is 0.966. The molecule has 0 amide bonds. The second kappa shape index (κ2) is 2.09. The lowest BCUT2D eigenvalue weighted by molar-refractivity contribution is 0.483. The van der Waals surface area contributed by atoms with Gasteiger partial charge < -0.3 is 11.5 Å². The maximum atomic E-state index is 12.3. The van der Waals surface area contributed by atoms with Gasteiger partial charge in [0.05, 0.1) is 17.6 Å². The third-order valence-corrected chi connectivity index (χ3v) is 1.05. The number of nitrogen functional groups attached to an aromatic ring is 2. The van der Waals surface area contributed by atoms with Crippen LogP contribution >= 0.6 is 0 Å². The third-order valence-electron chi connectivity index (χ3n) is 1.05. The third kappa shape index (κ3) is 0.854. The van der Waals surface area contributed by atoms with E-state index in [1.165, 1.54) is 0 Å². The van der Waals surface area contributed by atoms with Crippen LogP contribution < -0.4 is 11.5 Å². The van der Waals surface area contributed by atoms with Gasteiger partial charge in [-0.1, -0.05) is 0 Å². The van der Waals surface area contributed by atoms with Gasteiger partial charge in [0.1, 0.15) is 0 Å². The Hall–Kier alpha value is -1.39. The molecule has 0 bridgehead atoms. The molecule has 4 N–H and O–H groups in total. The highest BCUT2D eigenvalue weighted by Gasteiger charge is 2.08. The van der Waals surface area contributed by atoms with Gasteiger partial charge in [-0.05, 0) is 0 Å². The topological polar surface area (TPSA) is 64.9 Å². The lowest BCUT2D eigenvalue weighted by Crippen LogP contribution is -2.02. The van der Waals surface area contributed by atoms with Crippen LogP contribution in [0.2, 0.25) is 0 Å². The molecular formula is C5H5F2N3. The fourth-order valence-corrected chi connectivity index (χ4v) is 0.490. The van der Waals surface area contributed by atoms with Crippen LogP contribution in [0.1, 0.15) is 0 Å². The predicted octanol–water partition coefficient (Wildman–Crippen LogP) is 0.524. The highest BCUT2D eigenvalue weighted by Crippen LogP contribution is 2.17. The first-order valence-corrected chi connectivity index (χ1v) is 2.48. The summed E-state index contributed by atoms with van der Waals surface area (Å²) in [5.74, 6) is -2.42. The van der Waals surface area contributed by atoms with E-state index >= 15 is 0 Å². The van der Waals surface area contributed by atoms with Gasteiger partial charge in [0.15, 0.2) is 0 Å². The number of nitrogens with two attached hydrogens (primary N) is 2. The Bertz CT molecular complexity index is 234. The minimum atomic E-state index is -1.23. The molecule has 1 aromatic rings. The van der Waals surface area contributed by atoms with Crippen molar-refractivity contribution in [1.82, 2.24) is 4.98 Å². The van der Waals surface area contributed by atoms with Crippen molar-refractivity contribution >= 4 is 11.4 Å². The number of aromatic nitrogens is 1. The Kier molecular flexibility index (Phi) is 1.41. The van der Waals surface area contributed by atoms with Crippen LogP contribution in [-0.4, -0.2) is 4.98 Å². The van der Waals surface area contributed by atoms with E-state index < -0.39 is 17.5 Å². The highest BCUT2D eigenvalue weighted by molar-refractivity contribution is 5.61. The summed E-state index contributed by atoms with van der Waals surface area (Å²) < 4.78 is 24.5. The van der Waals surface area contributed by atoms with Crippen LogP contribution in [0.4, 0.5) is 20.2 Å². The molecule has 1 heterocycles. The van der Waals surface area contributed by atoms with Gasteiger partial charge in [-0.2, -0.15) is 8.78 Å². The summed E-state index contributed by atoms with van der Waals surface area (Å²) in [4.78, 5) is 2.99. The molecule has 0 aromatic carbocycles. The highest BCUT2D eigenvalue weighted by atomic mass is 19.2. The number of anilines is 2. The Balaban J connectivity index is 3.34. The monoisotopic (exact) mass is 145 g/mol. The predicted molar refractivity (Wildman–Crippen MR) is 33.0 cm³/mol. The lowest BCUT2D eigenvalue weighted by atomic mass is 10.3. The van der Waals surface area contributed by atoms with E-state index in [2.05, 4.69) is 4.98 Å². The van der Waals surface area contributed by atoms with E-state index in [-0.39, 0.29) is 5.69 Å². The van der Waals surface area contributed by atoms with Gasteiger partial charge in [-0.15, -0.1) is 0 Å². The van der Waals surface area contributed by atoms with Crippen LogP contribution in [0, 0.1) is 11.8 Å². The Morgan fingerprint density at radius 1 is 1.30 bits per heavy atom. The van der Waals surface area contributed by atoms with Crippen molar-refractivity contribution in [3.05, 3.63) is 18.0 Å². The first kappa shape index (κ1) is 6.73. The van der Waals surface area contributed by atoms with E-state index in [4.69, 9.17) is 11.5 Å². The smallest absolute Gasteiger partial charge is 0.251 e. The summed E-state index contributed by atoms with van der Waals surface area (Å²) in [5.41, 5.74) is 9.65. The van der Waals surface area contributed by atoms with Gasteiger partial charge in [0, 0.05) is 0 Å². The zero-order valence-electron chi connectivity index (χ0n) is 4.94. The Labute approximate surface area is 55.7 Å². The standard InChI is InChI=1S/C5H5F2N3/c6-3-4(9)2(8)1-10-5(3)7/h1H,8H2,(H2,9,10). The molecule has 0 saturated carbocycles. The zero-order chi connectivity index (χ0) is 7.72. The molecule has 54 valence electrons. The number of halogens is 2. The number of hydrogen-bond donors (Lipinski definition) is 2. The van der Waals surface area contributed by atoms with Crippen molar-refractivity contribution in [2.24, 2.45) is 0 Å². The van der Waals surface area contributed by atoms with Crippen molar-refractivity contribution in [1.29, 1.82) is 0 Å². The largest absolute Gasteiger partial charge is 0.396 e. The SMILES string of the molecule is Nc1cnc(F)c(F)c1N. The van der Waals surface area contributed by atoms with Gasteiger partial charge in [0.25, 0.3) is 5.95 Å². The zero-order valence-corrected chi connectivity index (χ0v) is 4.94. The Morgan fingerprint density at radius 3 is 2.40 bits per heavy atom. The van der Waals surface area contributed by atoms with Gasteiger partial charge in [0.2, 0.25) is 5.82 Å². The molecule has 10 heavy (non-hydrogen) atoms. The maximum absolute atomic E-state index is 12.3. The van der Waals surface area contributed by atoms with E-state index in [1.807, 2.05) is 0 Å². The number of nitrogens with zero attached hydrogens (tertiary/aromatic N) is 1. The number of rotatable bonds is 0. The van der Waals surface area contributed by atoms with Gasteiger partial charge in [-0.3, -0.25) is 0 Å². The van der Waals surface area contributed by atoms with Crippen molar-refractivity contribution in [2.75, 3.05) is 11.5 Å². The maximum Gasteiger partial charge on any atom is 0.251 e. The molecule has 1 aromatic heterocycles. The molecule has 0 unspecified atom stereocenters. The van der Waals surface area contributed by atoms with Crippen molar-refractivity contribution in [3.63, 3.8) is 0 Å². The summed E-state index contributed by atoms with van der Waals surface area (Å²) in [6, 6.07) is 0. The van der Waals surface area contributed by atoms with Crippen molar-refractivity contribution in [2.45, 2.75) is 0 Å². The molecule has 0 spiro atoms. The van der Waals surface area contributed by atoms with Gasteiger partial charge in [-0.25, -0.2) is 4.98 Å². The second-order valence-corrected chi connectivity index (χ2v) is 1.73. The molecule has 0 saturated heterocycles. The number of pyridine rings is 1. The first-order chi connectivity index (χ1) is 4.63. The lowest BCUT2D eigenvalue weighted by Gasteiger charge is -1.98. The van der Waals surface area contributed by atoms with Crippen molar-refractivity contribution in [3.8, 4) is 0 Å². The summed E-state index contributed by atoms with van der Waals surface area (Å²) in [5, 5.41) is 0. The minimum Gasteiger partial charge on any atom is -0.396 e. The summed E-state index contributed by atoms with van der Waals surface area (Å²) >= 11 is 0. The van der Waals surface area contributed by atoms with Crippen LogP contribution in [0.15, 0.2) is 6.20 Å². The normalized spacial score (nSPS) is 9.80. The van der Waals surface area contributed by atoms with Crippen LogP contribution in [0.3, 0.4) is 0 Å². The van der Waals surface area contributed by atoms with Crippen LogP contribution in [0.25, 0.3) is 0 Å².